The lowest BCUT2D eigenvalue weighted by molar-refractivity contribution is -0.126. The Bertz CT molecular complexity index is 633. The molecule has 0 aromatic heterocycles. The number of nitrogens with zero attached hydrogens (tertiary/aromatic N) is 1. The summed E-state index contributed by atoms with van der Waals surface area (Å²) in [6.07, 6.45) is 1.26. The first-order valence-electron chi connectivity index (χ1n) is 7.47. The van der Waals surface area contributed by atoms with Crippen molar-refractivity contribution in [1.82, 2.24) is 9.62 Å². The molecule has 1 amide bonds. The van der Waals surface area contributed by atoms with Gasteiger partial charge >= 0.3 is 0 Å². The van der Waals surface area contributed by atoms with Crippen molar-refractivity contribution in [1.29, 1.82) is 0 Å². The van der Waals surface area contributed by atoms with Crippen molar-refractivity contribution in [3.63, 3.8) is 0 Å². The number of carbonyl (C=O) groups excluding carboxylic acids is 1. The first-order chi connectivity index (χ1) is 10.9. The number of rotatable bonds is 6. The number of nitrogens with one attached hydrogen (secondary N) is 1. The number of amides is 1. The van der Waals surface area contributed by atoms with Crippen molar-refractivity contribution in [2.24, 2.45) is 5.92 Å². The van der Waals surface area contributed by atoms with Gasteiger partial charge in [-0.3, -0.25) is 4.79 Å². The topological polar surface area (TPSA) is 75.7 Å². The van der Waals surface area contributed by atoms with E-state index in [0.29, 0.717) is 32.5 Å². The Morgan fingerprint density at radius 3 is 2.74 bits per heavy atom. The molecule has 1 heterocycles. The molecule has 1 atom stereocenters. The third kappa shape index (κ3) is 4.49. The molecule has 6 nitrogen and oxygen atoms in total. The summed E-state index contributed by atoms with van der Waals surface area (Å²) in [5.74, 6) is -1.03. The van der Waals surface area contributed by atoms with E-state index in [4.69, 9.17) is 4.74 Å². The highest BCUT2D eigenvalue weighted by Gasteiger charge is 2.33. The van der Waals surface area contributed by atoms with Crippen LogP contribution in [0.25, 0.3) is 0 Å². The average molecular weight is 344 g/mol. The van der Waals surface area contributed by atoms with Crippen molar-refractivity contribution >= 4 is 15.9 Å². The average Bonchev–Trinajstić information content (AvgIpc) is 2.55. The van der Waals surface area contributed by atoms with E-state index >= 15 is 0 Å². The van der Waals surface area contributed by atoms with Crippen LogP contribution >= 0.6 is 0 Å². The predicted molar refractivity (Wildman–Crippen MR) is 82.8 cm³/mol. The van der Waals surface area contributed by atoms with Gasteiger partial charge < -0.3 is 10.1 Å². The smallest absolute Gasteiger partial charge is 0.243 e. The number of ether oxygens (including phenoxy) is 1. The number of halogens is 1. The molecule has 0 unspecified atom stereocenters. The van der Waals surface area contributed by atoms with Gasteiger partial charge in [0.15, 0.2) is 0 Å². The highest BCUT2D eigenvalue weighted by molar-refractivity contribution is 7.89. The summed E-state index contributed by atoms with van der Waals surface area (Å²) in [7, 11) is -2.16. The van der Waals surface area contributed by atoms with Crippen LogP contribution in [0.5, 0.6) is 0 Å². The Balaban J connectivity index is 2.05. The molecule has 1 N–H and O–H groups in total. The number of sulfonamides is 1. The minimum absolute atomic E-state index is 0.0411. The highest BCUT2D eigenvalue weighted by Crippen LogP contribution is 2.24. The zero-order valence-corrected chi connectivity index (χ0v) is 13.8. The van der Waals surface area contributed by atoms with Crippen LogP contribution in [-0.4, -0.2) is 52.0 Å². The van der Waals surface area contributed by atoms with Crippen LogP contribution in [0.1, 0.15) is 12.8 Å². The van der Waals surface area contributed by atoms with E-state index in [0.717, 1.165) is 12.1 Å². The van der Waals surface area contributed by atoms with Crippen molar-refractivity contribution in [2.75, 3.05) is 33.4 Å². The molecule has 0 aliphatic carbocycles. The number of piperidine rings is 1. The van der Waals surface area contributed by atoms with Crippen molar-refractivity contribution in [3.05, 3.63) is 30.1 Å². The first kappa shape index (κ1) is 17.8. The van der Waals surface area contributed by atoms with Crippen LogP contribution in [-0.2, 0) is 19.6 Å². The summed E-state index contributed by atoms with van der Waals surface area (Å²) >= 11 is 0. The van der Waals surface area contributed by atoms with Gasteiger partial charge in [0, 0.05) is 26.7 Å². The molecule has 2 rings (SSSR count). The normalized spacial score (nSPS) is 19.5. The summed E-state index contributed by atoms with van der Waals surface area (Å²) < 4.78 is 44.3. The minimum atomic E-state index is -3.71. The van der Waals surface area contributed by atoms with Crippen LogP contribution in [0.4, 0.5) is 4.39 Å². The van der Waals surface area contributed by atoms with Gasteiger partial charge in [0.25, 0.3) is 0 Å². The van der Waals surface area contributed by atoms with E-state index in [9.17, 15) is 17.6 Å². The third-order valence-electron chi connectivity index (χ3n) is 3.81. The van der Waals surface area contributed by atoms with E-state index in [1.807, 2.05) is 0 Å². The minimum Gasteiger partial charge on any atom is -0.383 e. The molecule has 1 saturated heterocycles. The molecule has 128 valence electrons. The van der Waals surface area contributed by atoms with Gasteiger partial charge in [-0.2, -0.15) is 4.31 Å². The second-order valence-electron chi connectivity index (χ2n) is 5.44. The van der Waals surface area contributed by atoms with E-state index in [2.05, 4.69) is 5.32 Å². The van der Waals surface area contributed by atoms with Crippen molar-refractivity contribution < 1.29 is 22.3 Å². The predicted octanol–water partition coefficient (Wildman–Crippen LogP) is 0.989. The van der Waals surface area contributed by atoms with Gasteiger partial charge in [-0.05, 0) is 37.1 Å². The van der Waals surface area contributed by atoms with E-state index < -0.39 is 15.8 Å². The molecule has 8 heteroatoms. The quantitative estimate of drug-likeness (QED) is 0.781. The zero-order valence-electron chi connectivity index (χ0n) is 13.0. The Labute approximate surface area is 135 Å². The van der Waals surface area contributed by atoms with Crippen molar-refractivity contribution in [2.45, 2.75) is 17.7 Å². The van der Waals surface area contributed by atoms with Gasteiger partial charge in [-0.1, -0.05) is 0 Å². The lowest BCUT2D eigenvalue weighted by atomic mass is 9.99. The highest BCUT2D eigenvalue weighted by atomic mass is 32.2. The molecule has 0 bridgehead atoms. The van der Waals surface area contributed by atoms with Gasteiger partial charge in [0.1, 0.15) is 5.82 Å². The van der Waals surface area contributed by atoms with E-state index in [1.54, 1.807) is 7.11 Å². The maximum Gasteiger partial charge on any atom is 0.243 e. The summed E-state index contributed by atoms with van der Waals surface area (Å²) in [5, 5.41) is 2.74. The van der Waals surface area contributed by atoms with Crippen molar-refractivity contribution in [3.8, 4) is 0 Å². The molecule has 0 radical (unpaired) electrons. The summed E-state index contributed by atoms with van der Waals surface area (Å²) in [5.41, 5.74) is 0. The third-order valence-corrected chi connectivity index (χ3v) is 5.69. The maximum absolute atomic E-state index is 13.0. The largest absolute Gasteiger partial charge is 0.383 e. The Hall–Kier alpha value is -1.51. The van der Waals surface area contributed by atoms with Gasteiger partial charge in [-0.15, -0.1) is 0 Å². The molecule has 1 aliphatic heterocycles. The van der Waals surface area contributed by atoms with Crippen LogP contribution < -0.4 is 5.32 Å². The molecule has 1 aromatic rings. The van der Waals surface area contributed by atoms with Gasteiger partial charge in [0.05, 0.1) is 17.4 Å². The van der Waals surface area contributed by atoms with Gasteiger partial charge in [-0.25, -0.2) is 12.8 Å². The molecule has 23 heavy (non-hydrogen) atoms. The monoisotopic (exact) mass is 344 g/mol. The fourth-order valence-corrected chi connectivity index (χ4v) is 4.07. The molecule has 1 aliphatic rings. The standard InChI is InChI=1S/C15H21FN2O4S/c1-22-10-8-17-15(19)12-3-2-9-18(11-12)23(20,21)14-6-4-13(16)5-7-14/h4-7,12H,2-3,8-11H2,1H3,(H,17,19)/t12-/m1/s1. The SMILES string of the molecule is COCCNC(=O)[C@@H]1CCCN(S(=O)(=O)c2ccc(F)cc2)C1. The van der Waals surface area contributed by atoms with Crippen LogP contribution in [0, 0.1) is 11.7 Å². The lowest BCUT2D eigenvalue weighted by Crippen LogP contribution is -2.45. The Morgan fingerprint density at radius 2 is 2.09 bits per heavy atom. The van der Waals surface area contributed by atoms with Crippen LogP contribution in [0.2, 0.25) is 0 Å². The molecular formula is C15H21FN2O4S. The fourth-order valence-electron chi connectivity index (χ4n) is 2.55. The molecule has 1 fully saturated rings. The molecule has 1 aromatic carbocycles. The molecular weight excluding hydrogens is 323 g/mol. The lowest BCUT2D eigenvalue weighted by Gasteiger charge is -2.31. The number of benzene rings is 1. The summed E-state index contributed by atoms with van der Waals surface area (Å²) in [6, 6.07) is 4.72. The Morgan fingerprint density at radius 1 is 1.39 bits per heavy atom. The molecule has 0 saturated carbocycles. The number of hydrogen-bond donors (Lipinski definition) is 1. The van der Waals surface area contributed by atoms with E-state index in [-0.39, 0.29) is 23.3 Å². The number of carbonyl (C=O) groups is 1. The van der Waals surface area contributed by atoms with Crippen LogP contribution in [0.3, 0.4) is 0 Å². The second kappa shape index (κ2) is 7.85. The van der Waals surface area contributed by atoms with E-state index in [1.165, 1.54) is 16.4 Å². The maximum atomic E-state index is 13.0. The first-order valence-corrected chi connectivity index (χ1v) is 8.91. The Kier molecular flexibility index (Phi) is 6.09. The van der Waals surface area contributed by atoms with Crippen LogP contribution in [0.15, 0.2) is 29.2 Å². The summed E-state index contributed by atoms with van der Waals surface area (Å²) in [4.78, 5) is 12.1. The zero-order chi connectivity index (χ0) is 16.9. The number of hydrogen-bond acceptors (Lipinski definition) is 4. The fraction of sp³-hybridized carbons (Fsp3) is 0.533. The number of methoxy groups -OCH3 is 1. The summed E-state index contributed by atoms with van der Waals surface area (Å²) in [6.45, 7) is 1.31. The van der Waals surface area contributed by atoms with Gasteiger partial charge in [0.2, 0.25) is 15.9 Å². The second-order valence-corrected chi connectivity index (χ2v) is 7.38. The molecule has 0 spiro atoms.